The third kappa shape index (κ3) is 4.06. The van der Waals surface area contributed by atoms with Gasteiger partial charge in [0, 0.05) is 24.0 Å². The Morgan fingerprint density at radius 3 is 2.54 bits per heavy atom. The highest BCUT2D eigenvalue weighted by Gasteiger charge is 2.86. The molecule has 2 spiro atoms. The highest BCUT2D eigenvalue weighted by Crippen LogP contribution is 2.75. The summed E-state index contributed by atoms with van der Waals surface area (Å²) in [6.07, 6.45) is 5.28. The maximum atomic E-state index is 13.0. The van der Waals surface area contributed by atoms with Crippen LogP contribution in [0.5, 0.6) is 0 Å². The summed E-state index contributed by atoms with van der Waals surface area (Å²) in [6, 6.07) is 0. The first-order chi connectivity index (χ1) is 18.5. The van der Waals surface area contributed by atoms with Gasteiger partial charge in [-0.1, -0.05) is 25.2 Å². The van der Waals surface area contributed by atoms with E-state index in [-0.39, 0.29) is 37.1 Å². The molecule has 2 aliphatic carbocycles. The molecule has 2 unspecified atom stereocenters. The molecule has 214 valence electrons. The summed E-state index contributed by atoms with van der Waals surface area (Å²) in [7, 11) is 0. The number of aliphatic hydroxyl groups is 2. The number of esters is 2. The van der Waals surface area contributed by atoms with Gasteiger partial charge in [0.2, 0.25) is 0 Å². The molecule has 10 nitrogen and oxygen atoms in total. The number of ether oxygens (including phenoxy) is 6. The zero-order chi connectivity index (χ0) is 27.8. The number of epoxide rings is 2. The van der Waals surface area contributed by atoms with Crippen LogP contribution in [0.2, 0.25) is 0 Å². The molecule has 39 heavy (non-hydrogen) atoms. The minimum absolute atomic E-state index is 0.0356. The summed E-state index contributed by atoms with van der Waals surface area (Å²) >= 11 is 0. The van der Waals surface area contributed by atoms with Gasteiger partial charge in [0.1, 0.15) is 30.5 Å². The van der Waals surface area contributed by atoms with Gasteiger partial charge in [-0.15, -0.1) is 0 Å². The van der Waals surface area contributed by atoms with Gasteiger partial charge in [0.25, 0.3) is 0 Å². The molecule has 5 fully saturated rings. The summed E-state index contributed by atoms with van der Waals surface area (Å²) in [6.45, 7) is 7.74. The normalized spacial score (nSPS) is 53.0. The summed E-state index contributed by atoms with van der Waals surface area (Å²) in [4.78, 5) is 26.0. The van der Waals surface area contributed by atoms with Crippen LogP contribution in [0.25, 0.3) is 0 Å². The van der Waals surface area contributed by atoms with Crippen molar-refractivity contribution >= 4 is 11.9 Å². The number of aliphatic hydroxyl groups excluding tert-OH is 2. The lowest BCUT2D eigenvalue weighted by Crippen LogP contribution is -2.69. The minimum atomic E-state index is -1.07. The number of carbonyl (C=O) groups is 2. The fourth-order valence-electron chi connectivity index (χ4n) is 7.55. The van der Waals surface area contributed by atoms with Crippen molar-refractivity contribution in [2.75, 3.05) is 19.8 Å². The second-order valence-electron chi connectivity index (χ2n) is 12.4. The Hall–Kier alpha value is -2.08. The predicted octanol–water partition coefficient (Wildman–Crippen LogP) is 1.52. The Balaban J connectivity index is 1.37. The van der Waals surface area contributed by atoms with Crippen LogP contribution in [-0.2, 0) is 38.0 Å². The topological polar surface area (TPSA) is 137 Å². The van der Waals surface area contributed by atoms with Crippen molar-refractivity contribution in [3.63, 3.8) is 0 Å². The molecule has 2 saturated carbocycles. The minimum Gasteiger partial charge on any atom is -0.462 e. The van der Waals surface area contributed by atoms with Crippen molar-refractivity contribution < 1.29 is 48.2 Å². The van der Waals surface area contributed by atoms with Crippen LogP contribution in [0, 0.1) is 10.8 Å². The number of carbonyl (C=O) groups excluding carboxylic acids is 2. The molecule has 11 atom stereocenters. The highest BCUT2D eigenvalue weighted by molar-refractivity contribution is 5.83. The molecular formula is C29H38O10. The predicted molar refractivity (Wildman–Crippen MR) is 135 cm³/mol. The van der Waals surface area contributed by atoms with Crippen molar-refractivity contribution in [1.82, 2.24) is 0 Å². The maximum Gasteiger partial charge on any atom is 0.331 e. The molecule has 3 saturated heterocycles. The van der Waals surface area contributed by atoms with Crippen LogP contribution in [0.1, 0.15) is 47.0 Å². The Morgan fingerprint density at radius 1 is 1.05 bits per heavy atom. The van der Waals surface area contributed by atoms with E-state index < -0.39 is 52.8 Å². The Labute approximate surface area is 227 Å². The molecule has 6 rings (SSSR count). The molecule has 10 heteroatoms. The first-order valence-corrected chi connectivity index (χ1v) is 13.8. The number of rotatable bonds is 1. The molecule has 0 radical (unpaired) electrons. The molecule has 4 aliphatic heterocycles. The van der Waals surface area contributed by atoms with Crippen molar-refractivity contribution in [2.45, 2.75) is 101 Å². The molecule has 6 aliphatic rings. The second-order valence-corrected chi connectivity index (χ2v) is 12.4. The Morgan fingerprint density at radius 2 is 1.82 bits per heavy atom. The van der Waals surface area contributed by atoms with Crippen molar-refractivity contribution in [3.05, 3.63) is 36.0 Å². The van der Waals surface area contributed by atoms with Gasteiger partial charge in [-0.25, -0.2) is 9.59 Å². The Bertz CT molecular complexity index is 1120. The standard InChI is InChI=1S/C29H38O10/c1-16-11-23(33)35-14-28-10-9-26(3)24(39-26)25(28)38-21-12-20(27(28,4)29(21)15-36-29)37-22(32)8-6-5-7-19(17(2)30)34-13-18(16)31/h5-8,11,17-21,24-25,30-31H,9-10,12-15H2,1-4H3/b7-5+,8-6-,16-11+/t17-,18?,19-,20-,21-,24+,25-,26-,27-,28-,29?/m1/s1. The molecule has 0 aromatic rings. The zero-order valence-corrected chi connectivity index (χ0v) is 22.8. The molecule has 4 heterocycles. The monoisotopic (exact) mass is 546 g/mol. The summed E-state index contributed by atoms with van der Waals surface area (Å²) in [5.74, 6) is -1.10. The Kier molecular flexibility index (Phi) is 6.41. The van der Waals surface area contributed by atoms with E-state index in [9.17, 15) is 19.8 Å². The van der Waals surface area contributed by atoms with Crippen LogP contribution in [0.15, 0.2) is 36.0 Å². The SMILES string of the molecule is C/C1=C\C(=O)OC[C@]23CC[C@@]4(C)O[C@H]4[C@H]2O[C@@H]2C[C@@H](OC(=O)/C=C\C=C\[C@H]([C@@H](C)O)OCC1O)[C@@]3(C)C21CO1. The van der Waals surface area contributed by atoms with Gasteiger partial charge in [0.05, 0.1) is 48.6 Å². The van der Waals surface area contributed by atoms with E-state index in [1.165, 1.54) is 12.2 Å². The average Bonchev–Trinajstić information content (AvgIpc) is 3.79. The first-order valence-electron chi connectivity index (χ1n) is 13.8. The van der Waals surface area contributed by atoms with E-state index in [2.05, 4.69) is 13.8 Å². The van der Waals surface area contributed by atoms with Gasteiger partial charge in [-0.2, -0.15) is 0 Å². The van der Waals surface area contributed by atoms with E-state index in [1.54, 1.807) is 32.1 Å². The molecule has 0 aromatic heterocycles. The quantitative estimate of drug-likeness (QED) is 0.368. The molecule has 0 amide bonds. The number of hydrogen-bond acceptors (Lipinski definition) is 10. The van der Waals surface area contributed by atoms with Gasteiger partial charge in [0.15, 0.2) is 0 Å². The fourth-order valence-corrected chi connectivity index (χ4v) is 7.55. The van der Waals surface area contributed by atoms with Gasteiger partial charge < -0.3 is 38.6 Å². The first kappa shape index (κ1) is 27.1. The highest BCUT2D eigenvalue weighted by atomic mass is 16.7. The number of cyclic esters (lactones) is 1. The van der Waals surface area contributed by atoms with Gasteiger partial charge in [-0.05, 0) is 39.2 Å². The second kappa shape index (κ2) is 9.22. The molecule has 2 N–H and O–H groups in total. The number of hydrogen-bond donors (Lipinski definition) is 2. The van der Waals surface area contributed by atoms with Crippen LogP contribution in [0.4, 0.5) is 0 Å². The largest absolute Gasteiger partial charge is 0.462 e. The van der Waals surface area contributed by atoms with E-state index in [1.807, 2.05) is 0 Å². The van der Waals surface area contributed by atoms with Crippen LogP contribution >= 0.6 is 0 Å². The lowest BCUT2D eigenvalue weighted by Gasteiger charge is -2.58. The lowest BCUT2D eigenvalue weighted by atomic mass is 9.50. The smallest absolute Gasteiger partial charge is 0.331 e. The summed E-state index contributed by atoms with van der Waals surface area (Å²) in [5.41, 5.74) is -1.91. The summed E-state index contributed by atoms with van der Waals surface area (Å²) < 4.78 is 36.7. The third-order valence-electron chi connectivity index (χ3n) is 10.3. The van der Waals surface area contributed by atoms with Crippen LogP contribution < -0.4 is 0 Å². The van der Waals surface area contributed by atoms with Crippen molar-refractivity contribution in [1.29, 1.82) is 0 Å². The van der Waals surface area contributed by atoms with Crippen molar-refractivity contribution in [3.8, 4) is 0 Å². The zero-order valence-electron chi connectivity index (χ0n) is 22.8. The molecule has 0 aromatic carbocycles. The molecule has 2 bridgehead atoms. The number of fused-ring (bicyclic) bond motifs is 2. The fraction of sp³-hybridized carbons (Fsp3) is 0.724. The van der Waals surface area contributed by atoms with E-state index in [0.29, 0.717) is 25.0 Å². The average molecular weight is 547 g/mol. The van der Waals surface area contributed by atoms with Crippen LogP contribution in [0.3, 0.4) is 0 Å². The van der Waals surface area contributed by atoms with Crippen LogP contribution in [-0.4, -0.2) is 95.9 Å². The number of allylic oxidation sites excluding steroid dienone is 2. The maximum absolute atomic E-state index is 13.0. The van der Waals surface area contributed by atoms with E-state index in [4.69, 9.17) is 28.4 Å². The van der Waals surface area contributed by atoms with Gasteiger partial charge in [-0.3, -0.25) is 0 Å². The molecular weight excluding hydrogens is 508 g/mol. The summed E-state index contributed by atoms with van der Waals surface area (Å²) in [5, 5.41) is 20.6. The van der Waals surface area contributed by atoms with E-state index in [0.717, 1.165) is 6.42 Å². The van der Waals surface area contributed by atoms with E-state index >= 15 is 0 Å². The van der Waals surface area contributed by atoms with Crippen molar-refractivity contribution in [2.24, 2.45) is 10.8 Å². The van der Waals surface area contributed by atoms with Gasteiger partial charge >= 0.3 is 11.9 Å². The lowest BCUT2D eigenvalue weighted by molar-refractivity contribution is -0.250. The third-order valence-corrected chi connectivity index (χ3v) is 10.3.